The van der Waals surface area contributed by atoms with E-state index in [1.807, 2.05) is 31.5 Å². The maximum Gasteiger partial charge on any atom is 0.214 e. The number of anilines is 1. The number of methoxy groups -OCH3 is 3. The van der Waals surface area contributed by atoms with Crippen LogP contribution in [0.25, 0.3) is 0 Å². The average Bonchev–Trinajstić information content (AvgIpc) is 3.17. The first-order chi connectivity index (χ1) is 11.6. The number of H-pyrrole nitrogens is 1. The predicted molar refractivity (Wildman–Crippen MR) is 95.1 cm³/mol. The Morgan fingerprint density at radius 3 is 1.96 bits per heavy atom. The first-order valence-corrected chi connectivity index (χ1v) is 7.31. The molecule has 0 saturated heterocycles. The van der Waals surface area contributed by atoms with Gasteiger partial charge in [-0.15, -0.1) is 0 Å². The molecule has 0 spiro atoms. The maximum atomic E-state index is 11.2. The van der Waals surface area contributed by atoms with Gasteiger partial charge in [0.05, 0.1) is 27.0 Å². The molecule has 24 heavy (non-hydrogen) atoms. The van der Waals surface area contributed by atoms with E-state index in [1.54, 1.807) is 12.1 Å². The highest BCUT2D eigenvalue weighted by Gasteiger charge is 2.16. The Morgan fingerprint density at radius 1 is 1.12 bits per heavy atom. The van der Waals surface area contributed by atoms with Crippen LogP contribution in [-0.2, 0) is 4.79 Å². The van der Waals surface area contributed by atoms with Crippen LogP contribution in [0.2, 0.25) is 0 Å². The van der Waals surface area contributed by atoms with Gasteiger partial charge in [-0.25, -0.2) is 0 Å². The summed E-state index contributed by atoms with van der Waals surface area (Å²) >= 11 is 0. The second-order valence-corrected chi connectivity index (χ2v) is 4.96. The molecule has 1 aromatic heterocycles. The van der Waals surface area contributed by atoms with Gasteiger partial charge in [0.2, 0.25) is 12.2 Å². The molecule has 0 aliphatic heterocycles. The van der Waals surface area contributed by atoms with Gasteiger partial charge >= 0.3 is 0 Å². The van der Waals surface area contributed by atoms with Crippen molar-refractivity contribution in [3.63, 3.8) is 0 Å². The second kappa shape index (κ2) is 9.99. The van der Waals surface area contributed by atoms with E-state index in [0.717, 1.165) is 12.0 Å². The van der Waals surface area contributed by atoms with Crippen LogP contribution in [0.5, 0.6) is 17.2 Å². The van der Waals surface area contributed by atoms with Crippen molar-refractivity contribution in [1.82, 2.24) is 4.98 Å². The van der Waals surface area contributed by atoms with E-state index in [9.17, 15) is 4.79 Å². The van der Waals surface area contributed by atoms with E-state index < -0.39 is 0 Å². The molecule has 6 heteroatoms. The van der Waals surface area contributed by atoms with E-state index in [-0.39, 0.29) is 0 Å². The van der Waals surface area contributed by atoms with E-state index >= 15 is 0 Å². The number of benzene rings is 1. The molecule has 130 valence electrons. The molecule has 1 N–H and O–H groups in total. The lowest BCUT2D eigenvalue weighted by Crippen LogP contribution is -2.22. The standard InChI is InChI=1S/C14H19NO4.C4H5N/c1-10(2)8-15(9-16)11-6-12(17-3)14(19-5)13(7-11)18-4;1-2-4-5-3-1/h6-7,9H,1,8H2,2-5H3;1-5H. The fourth-order valence-corrected chi connectivity index (χ4v) is 1.99. The summed E-state index contributed by atoms with van der Waals surface area (Å²) < 4.78 is 15.7. The number of hydrogen-bond donors (Lipinski definition) is 1. The van der Waals surface area contributed by atoms with Crippen molar-refractivity contribution in [1.29, 1.82) is 0 Å². The highest BCUT2D eigenvalue weighted by Crippen LogP contribution is 2.40. The minimum atomic E-state index is 0.433. The number of rotatable bonds is 7. The molecule has 0 aliphatic rings. The van der Waals surface area contributed by atoms with Gasteiger partial charge in [-0.05, 0) is 19.1 Å². The van der Waals surface area contributed by atoms with Crippen LogP contribution >= 0.6 is 0 Å². The molecule has 2 rings (SSSR count). The average molecular weight is 332 g/mol. The molecule has 0 bridgehead atoms. The molecule has 1 heterocycles. The molecule has 2 aromatic rings. The van der Waals surface area contributed by atoms with Crippen molar-refractivity contribution in [2.45, 2.75) is 6.92 Å². The number of ether oxygens (including phenoxy) is 3. The lowest BCUT2D eigenvalue weighted by atomic mass is 10.2. The van der Waals surface area contributed by atoms with Gasteiger partial charge in [0.15, 0.2) is 11.5 Å². The summed E-state index contributed by atoms with van der Waals surface area (Å²) in [4.78, 5) is 15.5. The van der Waals surface area contributed by atoms with E-state index in [4.69, 9.17) is 14.2 Å². The van der Waals surface area contributed by atoms with Crippen LogP contribution in [0.4, 0.5) is 5.69 Å². The van der Waals surface area contributed by atoms with Crippen LogP contribution in [0.3, 0.4) is 0 Å². The maximum absolute atomic E-state index is 11.2. The summed E-state index contributed by atoms with van der Waals surface area (Å²) in [6.45, 7) is 6.09. The second-order valence-electron chi connectivity index (χ2n) is 4.96. The lowest BCUT2D eigenvalue weighted by Gasteiger charge is -2.20. The normalized spacial score (nSPS) is 9.33. The molecule has 1 amide bonds. The minimum Gasteiger partial charge on any atom is -0.493 e. The van der Waals surface area contributed by atoms with E-state index in [1.165, 1.54) is 26.2 Å². The minimum absolute atomic E-state index is 0.433. The number of carbonyl (C=O) groups is 1. The van der Waals surface area contributed by atoms with Crippen LogP contribution in [0, 0.1) is 0 Å². The van der Waals surface area contributed by atoms with Crippen molar-refractivity contribution >= 4 is 12.1 Å². The van der Waals surface area contributed by atoms with E-state index in [0.29, 0.717) is 29.5 Å². The lowest BCUT2D eigenvalue weighted by molar-refractivity contribution is -0.107. The zero-order chi connectivity index (χ0) is 17.9. The van der Waals surface area contributed by atoms with Crippen molar-refractivity contribution in [2.75, 3.05) is 32.8 Å². The van der Waals surface area contributed by atoms with Gasteiger partial charge in [0.1, 0.15) is 0 Å². The predicted octanol–water partition coefficient (Wildman–Crippen LogP) is 3.27. The summed E-state index contributed by atoms with van der Waals surface area (Å²) in [7, 11) is 4.60. The molecule has 0 aliphatic carbocycles. The zero-order valence-corrected chi connectivity index (χ0v) is 14.5. The number of aromatic amines is 1. The smallest absolute Gasteiger partial charge is 0.214 e. The number of amides is 1. The highest BCUT2D eigenvalue weighted by atomic mass is 16.5. The molecular weight excluding hydrogens is 308 g/mol. The quantitative estimate of drug-likeness (QED) is 0.624. The van der Waals surface area contributed by atoms with Gasteiger partial charge in [-0.2, -0.15) is 0 Å². The van der Waals surface area contributed by atoms with Crippen LogP contribution in [0.15, 0.2) is 48.8 Å². The molecule has 0 unspecified atom stereocenters. The summed E-state index contributed by atoms with van der Waals surface area (Å²) in [5.74, 6) is 1.51. The Morgan fingerprint density at radius 2 is 1.67 bits per heavy atom. The SMILES string of the molecule is C=C(C)CN(C=O)c1cc(OC)c(OC)c(OC)c1.c1cc[nH]c1. The number of aromatic nitrogens is 1. The van der Waals surface area contributed by atoms with Crippen molar-refractivity contribution in [3.05, 3.63) is 48.8 Å². The Balaban J connectivity index is 0.000000488. The van der Waals surface area contributed by atoms with Crippen LogP contribution in [0.1, 0.15) is 6.92 Å². The Bertz CT molecular complexity index is 596. The highest BCUT2D eigenvalue weighted by molar-refractivity contribution is 5.78. The third-order valence-corrected chi connectivity index (χ3v) is 3.04. The summed E-state index contributed by atoms with van der Waals surface area (Å²) in [6, 6.07) is 7.33. The van der Waals surface area contributed by atoms with E-state index in [2.05, 4.69) is 11.6 Å². The zero-order valence-electron chi connectivity index (χ0n) is 14.5. The first-order valence-electron chi connectivity index (χ1n) is 7.31. The number of nitrogens with zero attached hydrogens (tertiary/aromatic N) is 1. The van der Waals surface area contributed by atoms with Gasteiger partial charge in [0, 0.05) is 31.1 Å². The third kappa shape index (κ3) is 5.39. The monoisotopic (exact) mass is 332 g/mol. The van der Waals surface area contributed by atoms with Crippen LogP contribution < -0.4 is 19.1 Å². The summed E-state index contributed by atoms with van der Waals surface area (Å²) in [5.41, 5.74) is 1.54. The van der Waals surface area contributed by atoms with Crippen LogP contribution in [-0.4, -0.2) is 39.3 Å². The Labute approximate surface area is 142 Å². The van der Waals surface area contributed by atoms with Gasteiger partial charge in [-0.1, -0.05) is 12.2 Å². The Hall–Kier alpha value is -2.89. The number of carbonyl (C=O) groups excluding carboxylic acids is 1. The molecule has 0 saturated carbocycles. The fourth-order valence-electron chi connectivity index (χ4n) is 1.99. The summed E-state index contributed by atoms with van der Waals surface area (Å²) in [5, 5.41) is 0. The van der Waals surface area contributed by atoms with Crippen molar-refractivity contribution in [2.24, 2.45) is 0 Å². The van der Waals surface area contributed by atoms with Gasteiger partial charge in [-0.3, -0.25) is 4.79 Å². The molecular formula is C18H24N2O4. The topological polar surface area (TPSA) is 63.8 Å². The summed E-state index contributed by atoms with van der Waals surface area (Å²) in [6.07, 6.45) is 4.50. The molecule has 6 nitrogen and oxygen atoms in total. The number of nitrogens with one attached hydrogen (secondary N) is 1. The fraction of sp³-hybridized carbons (Fsp3) is 0.278. The third-order valence-electron chi connectivity index (χ3n) is 3.04. The van der Waals surface area contributed by atoms with Gasteiger partial charge < -0.3 is 24.1 Å². The molecule has 0 atom stereocenters. The molecule has 1 aromatic carbocycles. The Kier molecular flexibility index (Phi) is 7.98. The van der Waals surface area contributed by atoms with Crippen molar-refractivity contribution in [3.8, 4) is 17.2 Å². The molecule has 0 fully saturated rings. The largest absolute Gasteiger partial charge is 0.493 e. The molecule has 0 radical (unpaired) electrons. The van der Waals surface area contributed by atoms with Gasteiger partial charge in [0.25, 0.3) is 0 Å². The van der Waals surface area contributed by atoms with Crippen molar-refractivity contribution < 1.29 is 19.0 Å². The number of hydrogen-bond acceptors (Lipinski definition) is 4. The first kappa shape index (κ1) is 19.2.